The van der Waals surface area contributed by atoms with Crippen molar-refractivity contribution in [3.05, 3.63) is 12.2 Å². The monoisotopic (exact) mass is 216 g/mol. The van der Waals surface area contributed by atoms with Crippen LogP contribution in [-0.2, 0) is 9.47 Å². The molecule has 0 aromatic carbocycles. The van der Waals surface area contributed by atoms with E-state index in [1.807, 2.05) is 12.2 Å². The molecule has 2 unspecified atom stereocenters. The molecule has 1 fully saturated rings. The molecule has 0 bridgehead atoms. The van der Waals surface area contributed by atoms with Crippen molar-refractivity contribution in [2.24, 2.45) is 0 Å². The van der Waals surface area contributed by atoms with Gasteiger partial charge in [-0.25, -0.2) is 0 Å². The quantitative estimate of drug-likeness (QED) is 0.575. The summed E-state index contributed by atoms with van der Waals surface area (Å²) in [7, 11) is 0. The van der Waals surface area contributed by atoms with Crippen molar-refractivity contribution in [2.75, 3.05) is 12.4 Å². The molecule has 14 heavy (non-hydrogen) atoms. The second-order valence-electron chi connectivity index (χ2n) is 3.84. The molecule has 0 amide bonds. The van der Waals surface area contributed by atoms with Gasteiger partial charge >= 0.3 is 0 Å². The Balaban J connectivity index is 2.20. The molecule has 0 saturated carbocycles. The normalized spacial score (nSPS) is 33.8. The van der Waals surface area contributed by atoms with Gasteiger partial charge in [0.1, 0.15) is 0 Å². The van der Waals surface area contributed by atoms with Crippen LogP contribution in [0, 0.1) is 0 Å². The number of hydrogen-bond donors (Lipinski definition) is 1. The Morgan fingerprint density at radius 1 is 1.29 bits per heavy atom. The summed E-state index contributed by atoms with van der Waals surface area (Å²) in [6, 6.07) is 0. The fourth-order valence-electron chi connectivity index (χ4n) is 1.81. The molecule has 1 aliphatic heterocycles. The minimum Gasteiger partial charge on any atom is -0.375 e. The zero-order chi connectivity index (χ0) is 10.4. The lowest BCUT2D eigenvalue weighted by atomic mass is 10.0. The first-order valence-corrected chi connectivity index (χ1v) is 5.88. The third-order valence-corrected chi connectivity index (χ3v) is 2.57. The van der Waals surface area contributed by atoms with Crippen LogP contribution in [0.2, 0.25) is 0 Å². The van der Waals surface area contributed by atoms with Crippen LogP contribution in [-0.4, -0.2) is 30.7 Å². The second-order valence-corrected chi connectivity index (χ2v) is 4.20. The molecule has 1 aliphatic rings. The van der Waals surface area contributed by atoms with Crippen LogP contribution >= 0.6 is 12.6 Å². The lowest BCUT2D eigenvalue weighted by molar-refractivity contribution is -0.0968. The lowest BCUT2D eigenvalue weighted by Crippen LogP contribution is -2.34. The second kappa shape index (κ2) is 6.49. The van der Waals surface area contributed by atoms with E-state index < -0.39 is 0 Å². The fourth-order valence-corrected chi connectivity index (χ4v) is 1.96. The molecule has 0 aliphatic carbocycles. The van der Waals surface area contributed by atoms with Crippen molar-refractivity contribution >= 4 is 12.6 Å². The Labute approximate surface area is 92.1 Å². The predicted molar refractivity (Wildman–Crippen MR) is 62.0 cm³/mol. The van der Waals surface area contributed by atoms with Gasteiger partial charge in [-0.1, -0.05) is 12.2 Å². The van der Waals surface area contributed by atoms with Crippen molar-refractivity contribution in [1.29, 1.82) is 0 Å². The molecule has 0 radical (unpaired) electrons. The largest absolute Gasteiger partial charge is 0.375 e. The van der Waals surface area contributed by atoms with Crippen LogP contribution in [0.4, 0.5) is 0 Å². The average molecular weight is 216 g/mol. The van der Waals surface area contributed by atoms with Crippen LogP contribution in [0.25, 0.3) is 0 Å². The molecular formula is C11H20O2S. The van der Waals surface area contributed by atoms with Gasteiger partial charge in [0.15, 0.2) is 0 Å². The van der Waals surface area contributed by atoms with Crippen molar-refractivity contribution < 1.29 is 9.47 Å². The van der Waals surface area contributed by atoms with Crippen molar-refractivity contribution in [3.8, 4) is 0 Å². The first-order chi connectivity index (χ1) is 6.72. The number of ether oxygens (including phenoxy) is 2. The van der Waals surface area contributed by atoms with E-state index in [-0.39, 0.29) is 0 Å². The topological polar surface area (TPSA) is 18.5 Å². The van der Waals surface area contributed by atoms with Crippen molar-refractivity contribution in [3.63, 3.8) is 0 Å². The summed E-state index contributed by atoms with van der Waals surface area (Å²) >= 11 is 4.09. The standard InChI is InChI=1S/C11H20O2S/c1-9-7-11(8-10(2)13-9)12-5-3-4-6-14/h3-4,9-11,14H,5-8H2,1-2H3/b4-3+. The third kappa shape index (κ3) is 4.49. The number of hydrogen-bond acceptors (Lipinski definition) is 3. The molecule has 1 saturated heterocycles. The van der Waals surface area contributed by atoms with Gasteiger partial charge < -0.3 is 9.47 Å². The van der Waals surface area contributed by atoms with Gasteiger partial charge in [0, 0.05) is 5.75 Å². The minimum atomic E-state index is 0.331. The van der Waals surface area contributed by atoms with Crippen LogP contribution < -0.4 is 0 Å². The zero-order valence-corrected chi connectivity index (χ0v) is 9.87. The maximum absolute atomic E-state index is 5.73. The molecule has 2 nitrogen and oxygen atoms in total. The van der Waals surface area contributed by atoms with E-state index in [1.54, 1.807) is 0 Å². The highest BCUT2D eigenvalue weighted by Gasteiger charge is 2.24. The van der Waals surface area contributed by atoms with Crippen LogP contribution in [0.15, 0.2) is 12.2 Å². The molecular weight excluding hydrogens is 196 g/mol. The van der Waals surface area contributed by atoms with Crippen molar-refractivity contribution in [2.45, 2.75) is 45.0 Å². The van der Waals surface area contributed by atoms with Crippen LogP contribution in [0.1, 0.15) is 26.7 Å². The van der Waals surface area contributed by atoms with Gasteiger partial charge in [0.05, 0.1) is 24.9 Å². The Hall–Kier alpha value is 0.01000. The molecule has 1 heterocycles. The van der Waals surface area contributed by atoms with E-state index in [1.165, 1.54) is 0 Å². The van der Waals surface area contributed by atoms with Gasteiger partial charge in [-0.2, -0.15) is 12.6 Å². The average Bonchev–Trinajstić information content (AvgIpc) is 2.11. The summed E-state index contributed by atoms with van der Waals surface area (Å²) in [5.74, 6) is 0.782. The van der Waals surface area contributed by atoms with Crippen molar-refractivity contribution in [1.82, 2.24) is 0 Å². The Morgan fingerprint density at radius 3 is 2.50 bits per heavy atom. The molecule has 0 aromatic heterocycles. The summed E-state index contributed by atoms with van der Waals surface area (Å²) in [4.78, 5) is 0. The van der Waals surface area contributed by atoms with Crippen LogP contribution in [0.3, 0.4) is 0 Å². The lowest BCUT2D eigenvalue weighted by Gasteiger charge is -2.31. The summed E-state index contributed by atoms with van der Waals surface area (Å²) < 4.78 is 11.4. The number of thiol groups is 1. The highest BCUT2D eigenvalue weighted by molar-refractivity contribution is 7.80. The van der Waals surface area contributed by atoms with Crippen LogP contribution in [0.5, 0.6) is 0 Å². The Bertz CT molecular complexity index is 172. The smallest absolute Gasteiger partial charge is 0.0651 e. The van der Waals surface area contributed by atoms with E-state index in [0.29, 0.717) is 24.9 Å². The first-order valence-electron chi connectivity index (χ1n) is 5.25. The number of rotatable bonds is 4. The third-order valence-electron chi connectivity index (χ3n) is 2.35. The zero-order valence-electron chi connectivity index (χ0n) is 8.98. The first kappa shape index (κ1) is 12.1. The minimum absolute atomic E-state index is 0.331. The fraction of sp³-hybridized carbons (Fsp3) is 0.818. The maximum atomic E-state index is 5.73. The van der Waals surface area contributed by atoms with E-state index in [0.717, 1.165) is 18.6 Å². The highest BCUT2D eigenvalue weighted by atomic mass is 32.1. The molecule has 82 valence electrons. The van der Waals surface area contributed by atoms with Gasteiger partial charge in [-0.05, 0) is 26.7 Å². The molecule has 0 spiro atoms. The summed E-state index contributed by atoms with van der Waals surface area (Å²) in [6.45, 7) is 4.91. The van der Waals surface area contributed by atoms with Gasteiger partial charge in [-0.15, -0.1) is 0 Å². The van der Waals surface area contributed by atoms with Gasteiger partial charge in [-0.3, -0.25) is 0 Å². The Kier molecular flexibility index (Phi) is 5.60. The Morgan fingerprint density at radius 2 is 1.93 bits per heavy atom. The molecule has 0 N–H and O–H groups in total. The summed E-state index contributed by atoms with van der Waals surface area (Å²) in [5, 5.41) is 0. The van der Waals surface area contributed by atoms with E-state index in [4.69, 9.17) is 9.47 Å². The van der Waals surface area contributed by atoms with Gasteiger partial charge in [0.25, 0.3) is 0 Å². The van der Waals surface area contributed by atoms with Gasteiger partial charge in [0.2, 0.25) is 0 Å². The van der Waals surface area contributed by atoms with E-state index in [9.17, 15) is 0 Å². The molecule has 0 aromatic rings. The molecule has 2 atom stereocenters. The van der Waals surface area contributed by atoms with E-state index >= 15 is 0 Å². The summed E-state index contributed by atoms with van der Waals surface area (Å²) in [6.07, 6.45) is 7.08. The SMILES string of the molecule is CC1CC(OC/C=C/CS)CC(C)O1. The predicted octanol–water partition coefficient (Wildman–Crippen LogP) is 2.45. The highest BCUT2D eigenvalue weighted by Crippen LogP contribution is 2.21. The molecule has 1 rings (SSSR count). The molecule has 3 heteroatoms. The summed E-state index contributed by atoms with van der Waals surface area (Å²) in [5.41, 5.74) is 0. The maximum Gasteiger partial charge on any atom is 0.0651 e. The van der Waals surface area contributed by atoms with E-state index in [2.05, 4.69) is 26.5 Å².